The molecule has 0 aromatic heterocycles. The molecule has 186 valence electrons. The van der Waals surface area contributed by atoms with Crippen LogP contribution in [0.4, 0.5) is 5.69 Å². The molecule has 0 fully saturated rings. The summed E-state index contributed by atoms with van der Waals surface area (Å²) in [6.07, 6.45) is 2.29. The Morgan fingerprint density at radius 1 is 0.971 bits per heavy atom. The summed E-state index contributed by atoms with van der Waals surface area (Å²) < 4.78 is 26.6. The molecule has 0 saturated carbocycles. The lowest BCUT2D eigenvalue weighted by Crippen LogP contribution is -2.52. The van der Waals surface area contributed by atoms with E-state index in [4.69, 9.17) is 0 Å². The van der Waals surface area contributed by atoms with Crippen LogP contribution in [0.2, 0.25) is 0 Å². The van der Waals surface area contributed by atoms with Gasteiger partial charge in [0, 0.05) is 13.1 Å². The third-order valence-corrected chi connectivity index (χ3v) is 6.84. The molecule has 0 spiro atoms. The average Bonchev–Trinajstić information content (AvgIpc) is 2.76. The Kier molecular flexibility index (Phi) is 9.67. The first kappa shape index (κ1) is 27.4. The van der Waals surface area contributed by atoms with Crippen molar-refractivity contribution in [3.63, 3.8) is 0 Å². The van der Waals surface area contributed by atoms with E-state index in [0.717, 1.165) is 39.2 Å². The largest absolute Gasteiger partial charge is 0.354 e. The highest BCUT2D eigenvalue weighted by Crippen LogP contribution is 2.24. The monoisotopic (exact) mass is 487 g/mol. The second-order valence-electron chi connectivity index (χ2n) is 8.78. The van der Waals surface area contributed by atoms with Crippen LogP contribution < -0.4 is 9.62 Å². The van der Waals surface area contributed by atoms with Gasteiger partial charge in [-0.05, 0) is 50.8 Å². The van der Waals surface area contributed by atoms with Crippen LogP contribution in [0.3, 0.4) is 0 Å². The second kappa shape index (κ2) is 12.0. The molecule has 1 atom stereocenters. The molecule has 34 heavy (non-hydrogen) atoms. The van der Waals surface area contributed by atoms with Gasteiger partial charge in [0.2, 0.25) is 21.8 Å². The van der Waals surface area contributed by atoms with Crippen LogP contribution in [0, 0.1) is 20.8 Å². The van der Waals surface area contributed by atoms with Crippen LogP contribution in [0.15, 0.2) is 42.5 Å². The zero-order valence-electron chi connectivity index (χ0n) is 21.1. The number of nitrogens with zero attached hydrogens (tertiary/aromatic N) is 2. The number of benzene rings is 2. The van der Waals surface area contributed by atoms with Gasteiger partial charge in [0.1, 0.15) is 12.6 Å². The number of nitrogens with one attached hydrogen (secondary N) is 1. The van der Waals surface area contributed by atoms with Crippen LogP contribution in [0.1, 0.15) is 48.9 Å². The van der Waals surface area contributed by atoms with Crippen molar-refractivity contribution in [2.45, 2.75) is 60.0 Å². The van der Waals surface area contributed by atoms with Crippen molar-refractivity contribution < 1.29 is 18.0 Å². The van der Waals surface area contributed by atoms with Crippen LogP contribution in [-0.4, -0.2) is 50.5 Å². The van der Waals surface area contributed by atoms with E-state index in [1.165, 1.54) is 4.90 Å². The Morgan fingerprint density at radius 2 is 1.59 bits per heavy atom. The Labute approximate surface area is 204 Å². The molecule has 0 heterocycles. The number of anilines is 1. The van der Waals surface area contributed by atoms with E-state index >= 15 is 0 Å². The molecule has 2 amide bonds. The number of hydrogen-bond acceptors (Lipinski definition) is 4. The third kappa shape index (κ3) is 7.32. The maximum absolute atomic E-state index is 13.6. The van der Waals surface area contributed by atoms with Crippen LogP contribution >= 0.6 is 0 Å². The maximum atomic E-state index is 13.6. The van der Waals surface area contributed by atoms with Crippen molar-refractivity contribution in [2.24, 2.45) is 0 Å². The number of carbonyl (C=O) groups is 2. The SMILES string of the molecule is CCCNC(=O)C(CC)N(Cc1ccc(C)cc1)C(=O)CN(c1ccc(C)cc1C)S(C)(=O)=O. The number of rotatable bonds is 11. The lowest BCUT2D eigenvalue weighted by atomic mass is 10.1. The van der Waals surface area contributed by atoms with E-state index in [9.17, 15) is 18.0 Å². The molecular weight excluding hydrogens is 450 g/mol. The van der Waals surface area contributed by atoms with Gasteiger partial charge in [-0.3, -0.25) is 13.9 Å². The van der Waals surface area contributed by atoms with Crippen LogP contribution in [0.25, 0.3) is 0 Å². The van der Waals surface area contributed by atoms with E-state index in [-0.39, 0.29) is 19.0 Å². The van der Waals surface area contributed by atoms with E-state index in [1.807, 2.05) is 71.0 Å². The van der Waals surface area contributed by atoms with Gasteiger partial charge < -0.3 is 10.2 Å². The smallest absolute Gasteiger partial charge is 0.244 e. The molecule has 0 radical (unpaired) electrons. The van der Waals surface area contributed by atoms with Crippen LogP contribution in [0.5, 0.6) is 0 Å². The third-order valence-electron chi connectivity index (χ3n) is 5.71. The topological polar surface area (TPSA) is 86.8 Å². The molecule has 7 nitrogen and oxygen atoms in total. The van der Waals surface area contributed by atoms with E-state index in [1.54, 1.807) is 6.07 Å². The first-order valence-corrected chi connectivity index (χ1v) is 13.5. The fourth-order valence-corrected chi connectivity index (χ4v) is 4.76. The zero-order valence-corrected chi connectivity index (χ0v) is 21.9. The molecule has 2 rings (SSSR count). The van der Waals surface area contributed by atoms with Crippen LogP contribution in [-0.2, 0) is 26.2 Å². The lowest BCUT2D eigenvalue weighted by Gasteiger charge is -2.33. The molecule has 2 aromatic rings. The second-order valence-corrected chi connectivity index (χ2v) is 10.7. The fraction of sp³-hybridized carbons (Fsp3) is 0.462. The summed E-state index contributed by atoms with van der Waals surface area (Å²) in [5.41, 5.74) is 4.18. The van der Waals surface area contributed by atoms with Crippen molar-refractivity contribution in [3.8, 4) is 0 Å². The Balaban J connectivity index is 2.44. The first-order valence-electron chi connectivity index (χ1n) is 11.7. The minimum atomic E-state index is -3.74. The molecule has 0 aliphatic rings. The van der Waals surface area contributed by atoms with Crippen molar-refractivity contribution in [3.05, 3.63) is 64.7 Å². The predicted molar refractivity (Wildman–Crippen MR) is 137 cm³/mol. The molecule has 0 aliphatic carbocycles. The number of aryl methyl sites for hydroxylation is 3. The molecule has 8 heteroatoms. The summed E-state index contributed by atoms with van der Waals surface area (Å²) >= 11 is 0. The Morgan fingerprint density at radius 3 is 2.12 bits per heavy atom. The highest BCUT2D eigenvalue weighted by molar-refractivity contribution is 7.92. The predicted octanol–water partition coefficient (Wildman–Crippen LogP) is 3.71. The summed E-state index contributed by atoms with van der Waals surface area (Å²) in [7, 11) is -3.74. The quantitative estimate of drug-likeness (QED) is 0.523. The number of amides is 2. The van der Waals surface area contributed by atoms with Gasteiger partial charge in [0.15, 0.2) is 0 Å². The fourth-order valence-electron chi connectivity index (χ4n) is 3.86. The van der Waals surface area contributed by atoms with Crippen molar-refractivity contribution in [1.82, 2.24) is 10.2 Å². The standard InChI is InChI=1S/C26H37N3O4S/c1-7-15-27-26(31)23(8-2)28(17-22-12-9-19(3)10-13-22)25(30)18-29(34(6,32)33)24-14-11-20(4)16-21(24)5/h9-14,16,23H,7-8,15,17-18H2,1-6H3,(H,27,31). The lowest BCUT2D eigenvalue weighted by molar-refractivity contribution is -0.140. The number of carbonyl (C=O) groups excluding carboxylic acids is 2. The van der Waals surface area contributed by atoms with Gasteiger partial charge in [-0.15, -0.1) is 0 Å². The minimum absolute atomic E-state index is 0.210. The molecule has 1 unspecified atom stereocenters. The average molecular weight is 488 g/mol. The number of sulfonamides is 1. The van der Waals surface area contributed by atoms with Gasteiger partial charge in [0.25, 0.3) is 0 Å². The zero-order chi connectivity index (χ0) is 25.5. The van der Waals surface area contributed by atoms with E-state index < -0.39 is 22.0 Å². The summed E-state index contributed by atoms with van der Waals surface area (Å²) in [4.78, 5) is 28.1. The minimum Gasteiger partial charge on any atom is -0.354 e. The molecule has 2 aromatic carbocycles. The van der Waals surface area contributed by atoms with Crippen molar-refractivity contribution in [2.75, 3.05) is 23.7 Å². The molecule has 1 N–H and O–H groups in total. The molecular formula is C26H37N3O4S. The maximum Gasteiger partial charge on any atom is 0.244 e. The van der Waals surface area contributed by atoms with Gasteiger partial charge in [-0.25, -0.2) is 8.42 Å². The van der Waals surface area contributed by atoms with Gasteiger partial charge in [-0.1, -0.05) is 61.4 Å². The molecule has 0 bridgehead atoms. The highest BCUT2D eigenvalue weighted by atomic mass is 32.2. The summed E-state index contributed by atoms with van der Waals surface area (Å²) in [5.74, 6) is -0.660. The molecule has 0 saturated heterocycles. The summed E-state index contributed by atoms with van der Waals surface area (Å²) in [6, 6.07) is 12.5. The van der Waals surface area contributed by atoms with Gasteiger partial charge in [0.05, 0.1) is 11.9 Å². The summed E-state index contributed by atoms with van der Waals surface area (Å²) in [5, 5.41) is 2.88. The van der Waals surface area contributed by atoms with Crippen molar-refractivity contribution >= 4 is 27.5 Å². The van der Waals surface area contributed by atoms with E-state index in [0.29, 0.717) is 18.7 Å². The van der Waals surface area contributed by atoms with E-state index in [2.05, 4.69) is 5.32 Å². The summed E-state index contributed by atoms with van der Waals surface area (Å²) in [6.45, 7) is 9.88. The Hall–Kier alpha value is -2.87. The first-order chi connectivity index (χ1) is 16.0. The number of hydrogen-bond donors (Lipinski definition) is 1. The van der Waals surface area contributed by atoms with Gasteiger partial charge >= 0.3 is 0 Å². The van der Waals surface area contributed by atoms with Crippen molar-refractivity contribution in [1.29, 1.82) is 0 Å². The molecule has 0 aliphatic heterocycles. The Bertz CT molecular complexity index is 1100. The highest BCUT2D eigenvalue weighted by Gasteiger charge is 2.32. The normalized spacial score (nSPS) is 12.2. The van der Waals surface area contributed by atoms with Gasteiger partial charge in [-0.2, -0.15) is 0 Å².